The van der Waals surface area contributed by atoms with Crippen LogP contribution in [0.1, 0.15) is 70.0 Å². The molecule has 268 valence electrons. The number of carbonyl (C=O) groups is 4. The maximum absolute atomic E-state index is 14.3. The maximum atomic E-state index is 14.3. The molecule has 2 aromatic heterocycles. The van der Waals surface area contributed by atoms with Crippen LogP contribution in [-0.4, -0.2) is 86.6 Å². The van der Waals surface area contributed by atoms with Crippen LogP contribution in [0.5, 0.6) is 0 Å². The standard InChI is InChI=1S/C38H40Cl2N4O4S2Se/c1-21(35(47)43-15-5-6-16-43)41-33(45)31-29(25-11-9-13-27(39)19-25)23(3)49-37(31)51-38-32(30(24(4)50-38)26-12-10-14-28(40)20-26)34(46)42-22(2)36(48)44-17-7-8-18-44/h9-14,19-22H,5-8,15-18H2,1-4H3,(H,41,45)(H,42,46). The van der Waals surface area contributed by atoms with Crippen molar-refractivity contribution in [2.75, 3.05) is 26.2 Å². The monoisotopic (exact) mass is 830 g/mol. The fourth-order valence-electron chi connectivity index (χ4n) is 6.75. The van der Waals surface area contributed by atoms with E-state index in [0.717, 1.165) is 65.2 Å². The molecule has 2 N–H and O–H groups in total. The summed E-state index contributed by atoms with van der Waals surface area (Å²) in [6.07, 6.45) is 3.83. The Bertz CT molecular complexity index is 1840. The van der Waals surface area contributed by atoms with Crippen LogP contribution in [0.15, 0.2) is 48.5 Å². The molecule has 0 spiro atoms. The van der Waals surface area contributed by atoms with E-state index < -0.39 is 27.0 Å². The first-order chi connectivity index (χ1) is 24.4. The quantitative estimate of drug-likeness (QED) is 0.186. The average Bonchev–Trinajstić information content (AvgIpc) is 3.91. The van der Waals surface area contributed by atoms with Crippen molar-refractivity contribution in [3.8, 4) is 22.3 Å². The molecule has 0 aliphatic carbocycles. The molecule has 2 aliphatic rings. The van der Waals surface area contributed by atoms with E-state index in [0.29, 0.717) is 47.4 Å². The summed E-state index contributed by atoms with van der Waals surface area (Å²) in [5.41, 5.74) is 4.10. The normalized spacial score (nSPS) is 15.6. The minimum atomic E-state index is -0.710. The first-order valence-electron chi connectivity index (χ1n) is 17.1. The summed E-state index contributed by atoms with van der Waals surface area (Å²) in [6.45, 7) is 10.2. The molecule has 2 atom stereocenters. The van der Waals surface area contributed by atoms with Crippen molar-refractivity contribution in [1.29, 1.82) is 0 Å². The van der Waals surface area contributed by atoms with Crippen LogP contribution in [0, 0.1) is 13.8 Å². The van der Waals surface area contributed by atoms with E-state index in [-0.39, 0.29) is 23.6 Å². The molecule has 4 amide bonds. The van der Waals surface area contributed by atoms with Crippen LogP contribution < -0.4 is 18.2 Å². The van der Waals surface area contributed by atoms with Gasteiger partial charge in [0.1, 0.15) is 0 Å². The first kappa shape index (κ1) is 37.6. The number of benzene rings is 2. The number of amides is 4. The Morgan fingerprint density at radius 1 is 0.667 bits per heavy atom. The number of nitrogens with zero attached hydrogens (tertiary/aromatic N) is 2. The van der Waals surface area contributed by atoms with Crippen LogP contribution in [0.3, 0.4) is 0 Å². The van der Waals surface area contributed by atoms with Gasteiger partial charge in [-0.05, 0) is 0 Å². The van der Waals surface area contributed by atoms with Crippen LogP contribution in [0.2, 0.25) is 10.0 Å². The molecule has 0 bridgehead atoms. The van der Waals surface area contributed by atoms with E-state index in [1.165, 1.54) is 22.7 Å². The van der Waals surface area contributed by atoms with E-state index >= 15 is 0 Å². The van der Waals surface area contributed by atoms with Crippen molar-refractivity contribution in [2.45, 2.75) is 65.5 Å². The van der Waals surface area contributed by atoms with Gasteiger partial charge < -0.3 is 0 Å². The summed E-state index contributed by atoms with van der Waals surface area (Å²) in [6, 6.07) is 13.4. The molecule has 4 heterocycles. The predicted octanol–water partition coefficient (Wildman–Crippen LogP) is 6.20. The predicted molar refractivity (Wildman–Crippen MR) is 210 cm³/mol. The van der Waals surface area contributed by atoms with Crippen molar-refractivity contribution in [3.05, 3.63) is 79.5 Å². The van der Waals surface area contributed by atoms with Gasteiger partial charge in [-0.15, -0.1) is 0 Å². The zero-order chi connectivity index (χ0) is 36.4. The second kappa shape index (κ2) is 16.2. The molecule has 2 unspecified atom stereocenters. The van der Waals surface area contributed by atoms with Crippen molar-refractivity contribution in [2.24, 2.45) is 0 Å². The summed E-state index contributed by atoms with van der Waals surface area (Å²) < 4.78 is 1.64. The molecule has 13 heteroatoms. The zero-order valence-corrected chi connectivity index (χ0v) is 33.8. The molecule has 2 aliphatic heterocycles. The van der Waals surface area contributed by atoms with E-state index in [4.69, 9.17) is 23.2 Å². The van der Waals surface area contributed by atoms with Gasteiger partial charge in [0.15, 0.2) is 0 Å². The summed E-state index contributed by atoms with van der Waals surface area (Å²) in [5, 5.41) is 7.11. The van der Waals surface area contributed by atoms with Crippen LogP contribution in [0.25, 0.3) is 22.3 Å². The molecule has 2 fully saturated rings. The molecule has 2 saturated heterocycles. The molecule has 4 aromatic rings. The molecule has 2 aromatic carbocycles. The second-order valence-electron chi connectivity index (χ2n) is 13.0. The summed E-state index contributed by atoms with van der Waals surface area (Å²) in [4.78, 5) is 60.7. The topological polar surface area (TPSA) is 98.8 Å². The van der Waals surface area contributed by atoms with E-state index in [9.17, 15) is 19.2 Å². The first-order valence-corrected chi connectivity index (χ1v) is 21.2. The van der Waals surface area contributed by atoms with Crippen molar-refractivity contribution < 1.29 is 19.2 Å². The van der Waals surface area contributed by atoms with Gasteiger partial charge in [-0.1, -0.05) is 0 Å². The Morgan fingerprint density at radius 3 is 1.39 bits per heavy atom. The third-order valence-corrected chi connectivity index (χ3v) is 15.1. The van der Waals surface area contributed by atoms with E-state index in [1.54, 1.807) is 35.8 Å². The SMILES string of the molecule is Cc1sc([Se]c2sc(C)c(-c3cccc(Cl)c3)c2C(=O)NC(C)C(=O)N2CCCC2)c(C(=O)NC(C)C(=O)N2CCCC2)c1-c1cccc(Cl)c1. The van der Waals surface area contributed by atoms with Crippen molar-refractivity contribution in [1.82, 2.24) is 20.4 Å². The van der Waals surface area contributed by atoms with Gasteiger partial charge in [0.25, 0.3) is 0 Å². The Hall–Kier alpha value is -3.18. The second-order valence-corrected chi connectivity index (χ2v) is 19.6. The number of rotatable bonds is 10. The van der Waals surface area contributed by atoms with Crippen LogP contribution in [0.4, 0.5) is 0 Å². The number of nitrogens with one attached hydrogen (secondary N) is 2. The van der Waals surface area contributed by atoms with Gasteiger partial charge in [-0.3, -0.25) is 0 Å². The van der Waals surface area contributed by atoms with Gasteiger partial charge in [0.05, 0.1) is 0 Å². The van der Waals surface area contributed by atoms with E-state index in [1.807, 2.05) is 50.2 Å². The summed E-state index contributed by atoms with van der Waals surface area (Å²) >= 11 is 15.4. The van der Waals surface area contributed by atoms with Crippen LogP contribution >= 0.6 is 45.9 Å². The number of hydrogen-bond donors (Lipinski definition) is 2. The number of hydrogen-bond acceptors (Lipinski definition) is 6. The third kappa shape index (κ3) is 8.24. The Kier molecular flexibility index (Phi) is 12.0. The van der Waals surface area contributed by atoms with Crippen molar-refractivity contribution >= 4 is 92.0 Å². The molecule has 0 radical (unpaired) electrons. The zero-order valence-electron chi connectivity index (χ0n) is 28.9. The molecule has 6 rings (SSSR count). The van der Waals surface area contributed by atoms with Gasteiger partial charge in [-0.25, -0.2) is 0 Å². The average molecular weight is 831 g/mol. The fourth-order valence-corrected chi connectivity index (χ4v) is 13.8. The fraction of sp³-hybridized carbons (Fsp3) is 0.368. The van der Waals surface area contributed by atoms with Gasteiger partial charge in [0, 0.05) is 0 Å². The number of thiophene rings is 2. The minimum absolute atomic E-state index is 0.0965. The van der Waals surface area contributed by atoms with Gasteiger partial charge in [-0.2, -0.15) is 0 Å². The summed E-state index contributed by atoms with van der Waals surface area (Å²) in [7, 11) is 0. The Balaban J connectivity index is 1.42. The number of likely N-dealkylation sites (tertiary alicyclic amines) is 2. The Morgan fingerprint density at radius 2 is 1.04 bits per heavy atom. The van der Waals surface area contributed by atoms with E-state index in [2.05, 4.69) is 10.6 Å². The number of carbonyl (C=O) groups excluding carboxylic acids is 4. The van der Waals surface area contributed by atoms with Gasteiger partial charge in [0.2, 0.25) is 0 Å². The van der Waals surface area contributed by atoms with Gasteiger partial charge >= 0.3 is 325 Å². The number of aryl methyl sites for hydroxylation is 2. The molecule has 8 nitrogen and oxygen atoms in total. The number of halogens is 2. The summed E-state index contributed by atoms with van der Waals surface area (Å²) in [5.74, 6) is -0.877. The molecule has 51 heavy (non-hydrogen) atoms. The molecule has 0 saturated carbocycles. The Labute approximate surface area is 323 Å². The molecular weight excluding hydrogens is 790 g/mol. The third-order valence-electron chi connectivity index (χ3n) is 9.24. The molecular formula is C38H40Cl2N4O4S2Se. The van der Waals surface area contributed by atoms with Crippen LogP contribution in [-0.2, 0) is 9.59 Å². The van der Waals surface area contributed by atoms with Crippen molar-refractivity contribution in [3.63, 3.8) is 0 Å².